The first-order chi connectivity index (χ1) is 9.67. The van der Waals surface area contributed by atoms with Gasteiger partial charge in [-0.05, 0) is 68.6 Å². The molecular formula is C18H26BrN. The zero-order chi connectivity index (χ0) is 14.0. The van der Waals surface area contributed by atoms with Crippen LogP contribution in [-0.2, 0) is 0 Å². The lowest BCUT2D eigenvalue weighted by atomic mass is 9.71. The predicted molar refractivity (Wildman–Crippen MR) is 88.8 cm³/mol. The Bertz CT molecular complexity index is 440. The van der Waals surface area contributed by atoms with Crippen LogP contribution in [0.15, 0.2) is 28.7 Å². The second-order valence-electron chi connectivity index (χ2n) is 6.92. The number of nitrogens with one attached hydrogen (secondary N) is 1. The maximum Gasteiger partial charge on any atom is 0.0294 e. The monoisotopic (exact) mass is 335 g/mol. The van der Waals surface area contributed by atoms with Crippen molar-refractivity contribution in [3.8, 4) is 0 Å². The molecule has 2 fully saturated rings. The Morgan fingerprint density at radius 1 is 1.15 bits per heavy atom. The van der Waals surface area contributed by atoms with Crippen LogP contribution in [0.2, 0.25) is 0 Å². The smallest absolute Gasteiger partial charge is 0.0294 e. The van der Waals surface area contributed by atoms with E-state index in [2.05, 4.69) is 52.4 Å². The zero-order valence-corrected chi connectivity index (χ0v) is 14.1. The molecule has 2 aliphatic carbocycles. The van der Waals surface area contributed by atoms with Crippen LogP contribution >= 0.6 is 15.9 Å². The molecule has 0 heterocycles. The van der Waals surface area contributed by atoms with Crippen molar-refractivity contribution in [1.82, 2.24) is 5.32 Å². The molecule has 2 aliphatic rings. The second-order valence-corrected chi connectivity index (χ2v) is 7.84. The summed E-state index contributed by atoms with van der Waals surface area (Å²) in [6.45, 7) is 2.29. The van der Waals surface area contributed by atoms with E-state index in [0.717, 1.165) is 11.5 Å². The van der Waals surface area contributed by atoms with Gasteiger partial charge in [0.25, 0.3) is 0 Å². The molecule has 0 saturated heterocycles. The topological polar surface area (TPSA) is 12.0 Å². The summed E-state index contributed by atoms with van der Waals surface area (Å²) in [5, 5.41) is 3.85. The lowest BCUT2D eigenvalue weighted by molar-refractivity contribution is 0.164. The molecule has 0 radical (unpaired) electrons. The summed E-state index contributed by atoms with van der Waals surface area (Å²) < 4.78 is 1.18. The van der Waals surface area contributed by atoms with Crippen LogP contribution < -0.4 is 5.32 Å². The third kappa shape index (κ3) is 3.28. The van der Waals surface area contributed by atoms with Gasteiger partial charge in [0.2, 0.25) is 0 Å². The van der Waals surface area contributed by atoms with Crippen LogP contribution in [0, 0.1) is 5.41 Å². The summed E-state index contributed by atoms with van der Waals surface area (Å²) >= 11 is 3.57. The van der Waals surface area contributed by atoms with Gasteiger partial charge in [-0.1, -0.05) is 40.9 Å². The molecule has 1 aromatic rings. The number of benzene rings is 1. The fraction of sp³-hybridized carbons (Fsp3) is 0.667. The number of halogens is 1. The van der Waals surface area contributed by atoms with Gasteiger partial charge in [0.1, 0.15) is 0 Å². The van der Waals surface area contributed by atoms with Crippen LogP contribution in [0.25, 0.3) is 0 Å². The summed E-state index contributed by atoms with van der Waals surface area (Å²) in [4.78, 5) is 0. The standard InChI is InChI=1S/C18H26BrN/c1-14(15-5-4-6-16(19)13-15)20-17-7-11-18(12-8-17)9-2-3-10-18/h4-6,13-14,17,20H,2-3,7-12H2,1H3. The molecule has 1 spiro atoms. The largest absolute Gasteiger partial charge is 0.307 e. The van der Waals surface area contributed by atoms with Crippen LogP contribution in [0.5, 0.6) is 0 Å². The summed E-state index contributed by atoms with van der Waals surface area (Å²) in [7, 11) is 0. The third-order valence-electron chi connectivity index (χ3n) is 5.54. The van der Waals surface area contributed by atoms with Crippen LogP contribution in [-0.4, -0.2) is 6.04 Å². The highest BCUT2D eigenvalue weighted by Crippen LogP contribution is 2.49. The summed E-state index contributed by atoms with van der Waals surface area (Å²) in [6, 6.07) is 9.86. The summed E-state index contributed by atoms with van der Waals surface area (Å²) in [5.74, 6) is 0. The van der Waals surface area contributed by atoms with E-state index in [0.29, 0.717) is 6.04 Å². The maximum atomic E-state index is 3.85. The molecule has 3 rings (SSSR count). The van der Waals surface area contributed by atoms with Crippen LogP contribution in [0.1, 0.15) is 69.9 Å². The molecule has 20 heavy (non-hydrogen) atoms. The molecule has 1 N–H and O–H groups in total. The highest BCUT2D eigenvalue weighted by Gasteiger charge is 2.37. The molecule has 1 unspecified atom stereocenters. The second kappa shape index (κ2) is 6.19. The van der Waals surface area contributed by atoms with E-state index >= 15 is 0 Å². The molecule has 110 valence electrons. The molecule has 0 amide bonds. The minimum atomic E-state index is 0.454. The van der Waals surface area contributed by atoms with Crippen LogP contribution in [0.4, 0.5) is 0 Å². The molecule has 1 aromatic carbocycles. The zero-order valence-electron chi connectivity index (χ0n) is 12.5. The average molecular weight is 336 g/mol. The van der Waals surface area contributed by atoms with E-state index in [-0.39, 0.29) is 0 Å². The first-order valence-electron chi connectivity index (χ1n) is 8.18. The van der Waals surface area contributed by atoms with Gasteiger partial charge in [-0.3, -0.25) is 0 Å². The quantitative estimate of drug-likeness (QED) is 0.757. The highest BCUT2D eigenvalue weighted by molar-refractivity contribution is 9.10. The van der Waals surface area contributed by atoms with Gasteiger partial charge in [0.05, 0.1) is 0 Å². The molecule has 0 aromatic heterocycles. The molecule has 0 bridgehead atoms. The van der Waals surface area contributed by atoms with Crippen molar-refractivity contribution < 1.29 is 0 Å². The molecule has 1 atom stereocenters. The molecular weight excluding hydrogens is 310 g/mol. The van der Waals surface area contributed by atoms with Crippen molar-refractivity contribution in [2.75, 3.05) is 0 Å². The van der Waals surface area contributed by atoms with Gasteiger partial charge >= 0.3 is 0 Å². The molecule has 2 heteroatoms. The number of hydrogen-bond acceptors (Lipinski definition) is 1. The lowest BCUT2D eigenvalue weighted by Gasteiger charge is -2.38. The number of rotatable bonds is 3. The minimum Gasteiger partial charge on any atom is -0.307 e. The minimum absolute atomic E-state index is 0.454. The number of hydrogen-bond donors (Lipinski definition) is 1. The Kier molecular flexibility index (Phi) is 4.52. The van der Waals surface area contributed by atoms with Crippen molar-refractivity contribution in [3.63, 3.8) is 0 Å². The van der Waals surface area contributed by atoms with Crippen molar-refractivity contribution in [3.05, 3.63) is 34.3 Å². The fourth-order valence-corrected chi connectivity index (χ4v) is 4.66. The van der Waals surface area contributed by atoms with Crippen molar-refractivity contribution in [2.45, 2.75) is 70.4 Å². The average Bonchev–Trinajstić information content (AvgIpc) is 2.90. The van der Waals surface area contributed by atoms with Crippen LogP contribution in [0.3, 0.4) is 0 Å². The molecule has 1 nitrogen and oxygen atoms in total. The van der Waals surface area contributed by atoms with Gasteiger partial charge in [-0.2, -0.15) is 0 Å². The highest BCUT2D eigenvalue weighted by atomic mass is 79.9. The van der Waals surface area contributed by atoms with E-state index in [9.17, 15) is 0 Å². The lowest BCUT2D eigenvalue weighted by Crippen LogP contribution is -2.37. The van der Waals surface area contributed by atoms with E-state index < -0.39 is 0 Å². The van der Waals surface area contributed by atoms with Gasteiger partial charge < -0.3 is 5.32 Å². The molecule has 0 aliphatic heterocycles. The third-order valence-corrected chi connectivity index (χ3v) is 6.04. The SMILES string of the molecule is CC(NC1CCC2(CCCC2)CC1)c1cccc(Br)c1. The van der Waals surface area contributed by atoms with Crippen molar-refractivity contribution in [1.29, 1.82) is 0 Å². The molecule has 2 saturated carbocycles. The Balaban J connectivity index is 1.54. The predicted octanol–water partition coefficient (Wildman–Crippen LogP) is 5.60. The van der Waals surface area contributed by atoms with Gasteiger partial charge in [-0.25, -0.2) is 0 Å². The summed E-state index contributed by atoms with van der Waals surface area (Å²) in [5.41, 5.74) is 2.14. The normalized spacial score (nSPS) is 24.1. The fourth-order valence-electron chi connectivity index (χ4n) is 4.25. The Hall–Kier alpha value is -0.340. The van der Waals surface area contributed by atoms with Gasteiger partial charge in [-0.15, -0.1) is 0 Å². The first kappa shape index (κ1) is 14.6. The Morgan fingerprint density at radius 3 is 2.50 bits per heavy atom. The maximum absolute atomic E-state index is 3.85. The first-order valence-corrected chi connectivity index (χ1v) is 8.98. The summed E-state index contributed by atoms with van der Waals surface area (Å²) in [6.07, 6.45) is 11.6. The van der Waals surface area contributed by atoms with E-state index in [1.165, 1.54) is 61.4 Å². The van der Waals surface area contributed by atoms with E-state index in [1.54, 1.807) is 0 Å². The van der Waals surface area contributed by atoms with Crippen molar-refractivity contribution >= 4 is 15.9 Å². The van der Waals surface area contributed by atoms with Gasteiger partial charge in [0.15, 0.2) is 0 Å². The van der Waals surface area contributed by atoms with E-state index in [1.807, 2.05) is 0 Å². The Morgan fingerprint density at radius 2 is 1.85 bits per heavy atom. The Labute approximate surface area is 131 Å². The van der Waals surface area contributed by atoms with Crippen molar-refractivity contribution in [2.24, 2.45) is 5.41 Å². The van der Waals surface area contributed by atoms with Gasteiger partial charge in [0, 0.05) is 16.6 Å². The van der Waals surface area contributed by atoms with E-state index in [4.69, 9.17) is 0 Å².